The van der Waals surface area contributed by atoms with Crippen LogP contribution in [0.15, 0.2) is 18.2 Å². The smallest absolute Gasteiger partial charge is 0.209 e. The Bertz CT molecular complexity index is 727. The van der Waals surface area contributed by atoms with Gasteiger partial charge in [-0.05, 0) is 63.0 Å². The van der Waals surface area contributed by atoms with E-state index in [1.807, 2.05) is 39.8 Å². The normalized spacial score (nSPS) is 14.1. The molecule has 2 aromatic rings. The van der Waals surface area contributed by atoms with Gasteiger partial charge >= 0.3 is 0 Å². The Labute approximate surface area is 188 Å². The van der Waals surface area contributed by atoms with Crippen molar-refractivity contribution in [1.29, 1.82) is 0 Å². The molecule has 0 saturated heterocycles. The molecule has 1 unspecified atom stereocenters. The Morgan fingerprint density at radius 3 is 2.37 bits per heavy atom. The van der Waals surface area contributed by atoms with Crippen molar-refractivity contribution >= 4 is 29.9 Å². The van der Waals surface area contributed by atoms with Gasteiger partial charge in [0.05, 0.1) is 19.2 Å². The van der Waals surface area contributed by atoms with Gasteiger partial charge in [-0.15, -0.1) is 0 Å². The highest BCUT2D eigenvalue weighted by molar-refractivity contribution is 7.79. The molecule has 1 aliphatic carbocycles. The molecular formula is C24H42N2O3S. The van der Waals surface area contributed by atoms with Gasteiger partial charge < -0.3 is 19.3 Å². The average Bonchev–Trinajstić information content (AvgIpc) is 3.13. The van der Waals surface area contributed by atoms with Gasteiger partial charge in [-0.1, -0.05) is 26.8 Å². The maximum atomic E-state index is 9.89. The van der Waals surface area contributed by atoms with Crippen molar-refractivity contribution in [1.82, 2.24) is 9.47 Å². The summed E-state index contributed by atoms with van der Waals surface area (Å²) < 4.78 is 7.84. The van der Waals surface area contributed by atoms with E-state index in [1.165, 1.54) is 35.0 Å². The zero-order valence-electron chi connectivity index (χ0n) is 19.9. The third kappa shape index (κ3) is 6.95. The van der Waals surface area contributed by atoms with Crippen LogP contribution in [0.25, 0.3) is 10.9 Å². The molecule has 0 saturated carbocycles. The van der Waals surface area contributed by atoms with Crippen LogP contribution in [-0.4, -0.2) is 54.0 Å². The summed E-state index contributed by atoms with van der Waals surface area (Å²) in [5, 5.41) is 10.6. The molecule has 0 bridgehead atoms. The van der Waals surface area contributed by atoms with Gasteiger partial charge in [0.1, 0.15) is 5.75 Å². The Kier molecular flexibility index (Phi) is 15.2. The van der Waals surface area contributed by atoms with Gasteiger partial charge in [0, 0.05) is 30.7 Å². The van der Waals surface area contributed by atoms with E-state index in [9.17, 15) is 9.90 Å². The Morgan fingerprint density at radius 2 is 1.90 bits per heavy atom. The van der Waals surface area contributed by atoms with E-state index in [-0.39, 0.29) is 6.61 Å². The zero-order valence-corrected chi connectivity index (χ0v) is 20.8. The SMILES string of the molecule is CC.CCN(C=O)CC.COc1cccc2c1c1c(n2CCO)CCCC1C.CS. The van der Waals surface area contributed by atoms with Crippen LogP contribution in [0.4, 0.5) is 0 Å². The number of aliphatic hydroxyl groups excluding tert-OH is 1. The number of methoxy groups -OCH3 is 1. The second kappa shape index (κ2) is 16.1. The van der Waals surface area contributed by atoms with Crippen molar-refractivity contribution in [2.45, 2.75) is 66.3 Å². The van der Waals surface area contributed by atoms with E-state index in [2.05, 4.69) is 30.2 Å². The summed E-state index contributed by atoms with van der Waals surface area (Å²) in [7, 11) is 1.73. The lowest BCUT2D eigenvalue weighted by atomic mass is 9.86. The highest BCUT2D eigenvalue weighted by Crippen LogP contribution is 2.42. The largest absolute Gasteiger partial charge is 0.496 e. The molecule has 0 aliphatic heterocycles. The van der Waals surface area contributed by atoms with Crippen LogP contribution in [0.3, 0.4) is 0 Å². The standard InChI is InChI=1S/C16H21NO2.C5H11NO.C2H6.CH4S/c1-11-5-3-6-12-15(11)16-13(17(12)9-10-18)7-4-8-14(16)19-2;1-3-6(4-2)5-7;2*1-2/h4,7-8,11,18H,3,5-6,9-10H2,1-2H3;5H,3-4H2,1-2H3;1-2H3;2H,1H3. The number of carbonyl (C=O) groups excluding carboxylic acids is 1. The fraction of sp³-hybridized carbons (Fsp3) is 0.625. The summed E-state index contributed by atoms with van der Waals surface area (Å²) in [6.45, 7) is 12.7. The molecule has 6 heteroatoms. The number of amides is 1. The van der Waals surface area contributed by atoms with Gasteiger partial charge in [0.25, 0.3) is 0 Å². The predicted octanol–water partition coefficient (Wildman–Crippen LogP) is 5.14. The fourth-order valence-corrected chi connectivity index (χ4v) is 3.87. The molecule has 1 amide bonds. The molecular weight excluding hydrogens is 396 g/mol. The number of nitrogens with zero attached hydrogens (tertiary/aromatic N) is 2. The van der Waals surface area contributed by atoms with Crippen LogP contribution < -0.4 is 4.74 Å². The monoisotopic (exact) mass is 438 g/mol. The molecule has 1 aromatic carbocycles. The lowest BCUT2D eigenvalue weighted by Crippen LogP contribution is -2.19. The highest BCUT2D eigenvalue weighted by atomic mass is 32.1. The number of hydrogen-bond donors (Lipinski definition) is 2. The molecule has 1 atom stereocenters. The minimum atomic E-state index is 0.182. The second-order valence-corrected chi connectivity index (χ2v) is 6.71. The predicted molar refractivity (Wildman–Crippen MR) is 132 cm³/mol. The van der Waals surface area contributed by atoms with Gasteiger partial charge in [0.2, 0.25) is 6.41 Å². The van der Waals surface area contributed by atoms with Crippen LogP contribution in [0.1, 0.15) is 64.6 Å². The van der Waals surface area contributed by atoms with E-state index in [1.54, 1.807) is 18.3 Å². The van der Waals surface area contributed by atoms with Gasteiger partial charge in [-0.25, -0.2) is 0 Å². The van der Waals surface area contributed by atoms with Crippen molar-refractivity contribution in [2.24, 2.45) is 0 Å². The van der Waals surface area contributed by atoms with Gasteiger partial charge in [0.15, 0.2) is 0 Å². The second-order valence-electron chi connectivity index (χ2n) is 6.71. The summed E-state index contributed by atoms with van der Waals surface area (Å²) in [5.41, 5.74) is 4.03. The van der Waals surface area contributed by atoms with Crippen LogP contribution in [0.2, 0.25) is 0 Å². The molecule has 0 radical (unpaired) electrons. The van der Waals surface area contributed by atoms with Gasteiger partial charge in [-0.2, -0.15) is 12.6 Å². The molecule has 30 heavy (non-hydrogen) atoms. The van der Waals surface area contributed by atoms with Crippen molar-refractivity contribution in [3.63, 3.8) is 0 Å². The summed E-state index contributed by atoms with van der Waals surface area (Å²) in [4.78, 5) is 11.6. The van der Waals surface area contributed by atoms with E-state index in [0.717, 1.165) is 31.7 Å². The van der Waals surface area contributed by atoms with Crippen molar-refractivity contribution in [2.75, 3.05) is 33.1 Å². The minimum absolute atomic E-state index is 0.182. The number of aromatic nitrogens is 1. The number of aliphatic hydroxyl groups is 1. The zero-order chi connectivity index (χ0) is 23.1. The molecule has 1 heterocycles. The number of rotatable bonds is 6. The summed E-state index contributed by atoms with van der Waals surface area (Å²) in [5.74, 6) is 1.53. The molecule has 3 rings (SSSR count). The molecule has 1 N–H and O–H groups in total. The number of thiol groups is 1. The topological polar surface area (TPSA) is 54.7 Å². The van der Waals surface area contributed by atoms with Crippen LogP contribution in [-0.2, 0) is 17.8 Å². The Morgan fingerprint density at radius 1 is 1.27 bits per heavy atom. The van der Waals surface area contributed by atoms with E-state index < -0.39 is 0 Å². The first-order chi connectivity index (χ1) is 14.6. The Hall–Kier alpha value is -1.66. The maximum Gasteiger partial charge on any atom is 0.209 e. The highest BCUT2D eigenvalue weighted by Gasteiger charge is 2.26. The van der Waals surface area contributed by atoms with Crippen molar-refractivity contribution < 1.29 is 14.6 Å². The van der Waals surface area contributed by atoms with E-state index in [4.69, 9.17) is 4.74 Å². The lowest BCUT2D eigenvalue weighted by Gasteiger charge is -2.21. The van der Waals surface area contributed by atoms with Crippen LogP contribution >= 0.6 is 12.6 Å². The molecule has 1 aromatic heterocycles. The number of hydrogen-bond acceptors (Lipinski definition) is 4. The summed E-state index contributed by atoms with van der Waals surface area (Å²) in [6.07, 6.45) is 6.14. The van der Waals surface area contributed by atoms with Crippen molar-refractivity contribution in [3.05, 3.63) is 29.5 Å². The van der Waals surface area contributed by atoms with E-state index in [0.29, 0.717) is 12.5 Å². The minimum Gasteiger partial charge on any atom is -0.496 e. The number of ether oxygens (including phenoxy) is 1. The van der Waals surface area contributed by atoms with Gasteiger partial charge in [-0.3, -0.25) is 4.79 Å². The van der Waals surface area contributed by atoms with Crippen molar-refractivity contribution in [3.8, 4) is 5.75 Å². The summed E-state index contributed by atoms with van der Waals surface area (Å²) >= 11 is 3.53. The Balaban J connectivity index is 0.000000650. The lowest BCUT2D eigenvalue weighted by molar-refractivity contribution is -0.117. The number of benzene rings is 1. The quantitative estimate of drug-likeness (QED) is 0.485. The third-order valence-corrected chi connectivity index (χ3v) is 5.25. The maximum absolute atomic E-state index is 9.89. The van der Waals surface area contributed by atoms with E-state index >= 15 is 0 Å². The molecule has 0 fully saturated rings. The van der Waals surface area contributed by atoms with Crippen LogP contribution in [0.5, 0.6) is 5.75 Å². The van der Waals surface area contributed by atoms with Crippen LogP contribution in [0, 0.1) is 0 Å². The molecule has 5 nitrogen and oxygen atoms in total. The summed E-state index contributed by atoms with van der Waals surface area (Å²) in [6, 6.07) is 6.21. The first-order valence-corrected chi connectivity index (χ1v) is 11.9. The fourth-order valence-electron chi connectivity index (χ4n) is 3.87. The number of carbonyl (C=O) groups is 1. The molecule has 172 valence electrons. The third-order valence-electron chi connectivity index (χ3n) is 5.25. The molecule has 1 aliphatic rings. The first kappa shape index (κ1) is 28.3. The average molecular weight is 439 g/mol. The molecule has 0 spiro atoms. The number of fused-ring (bicyclic) bond motifs is 3. The first-order valence-electron chi connectivity index (χ1n) is 11.1.